The third kappa shape index (κ3) is 5.79. The van der Waals surface area contributed by atoms with E-state index < -0.39 is 5.97 Å². The van der Waals surface area contributed by atoms with Crippen LogP contribution in [0.2, 0.25) is 5.02 Å². The summed E-state index contributed by atoms with van der Waals surface area (Å²) in [7, 11) is 1.32. The Labute approximate surface area is 203 Å². The van der Waals surface area contributed by atoms with Gasteiger partial charge in [-0.2, -0.15) is 5.10 Å². The number of anilines is 1. The van der Waals surface area contributed by atoms with E-state index in [1.54, 1.807) is 11.8 Å². The molecule has 2 N–H and O–H groups in total. The molecule has 0 bridgehead atoms. The summed E-state index contributed by atoms with van der Waals surface area (Å²) >= 11 is 12.8. The average molecular weight is 500 g/mol. The first-order valence-corrected chi connectivity index (χ1v) is 12.0. The number of nitrogens with one attached hydrogen (secondary N) is 2. The Balaban J connectivity index is 2.07. The number of thiocarbonyl (C=S) groups is 1. The van der Waals surface area contributed by atoms with Crippen molar-refractivity contribution in [1.29, 1.82) is 0 Å². The van der Waals surface area contributed by atoms with Crippen molar-refractivity contribution in [3.8, 4) is 0 Å². The molecule has 0 aliphatic heterocycles. The molecule has 0 aliphatic carbocycles. The number of hydrogen-bond donors (Lipinski definition) is 2. The van der Waals surface area contributed by atoms with Crippen molar-refractivity contribution in [3.63, 3.8) is 0 Å². The summed E-state index contributed by atoms with van der Waals surface area (Å²) in [6, 6.07) is 0. The predicted molar refractivity (Wildman–Crippen MR) is 133 cm³/mol. The van der Waals surface area contributed by atoms with Crippen molar-refractivity contribution in [2.24, 2.45) is 0 Å². The highest BCUT2D eigenvalue weighted by molar-refractivity contribution is 7.80. The number of aromatic nitrogens is 2. The minimum Gasteiger partial charge on any atom is -0.465 e. The van der Waals surface area contributed by atoms with Gasteiger partial charge in [0.25, 0.3) is 5.91 Å². The molecule has 0 aromatic carbocycles. The zero-order valence-corrected chi connectivity index (χ0v) is 21.7. The van der Waals surface area contributed by atoms with Crippen LogP contribution in [-0.4, -0.2) is 58.4 Å². The van der Waals surface area contributed by atoms with Crippen LogP contribution in [0.1, 0.15) is 57.2 Å². The van der Waals surface area contributed by atoms with Crippen molar-refractivity contribution in [2.75, 3.05) is 32.1 Å². The molecule has 2 aromatic rings. The van der Waals surface area contributed by atoms with Crippen LogP contribution >= 0.6 is 35.2 Å². The molecule has 0 unspecified atom stereocenters. The lowest BCUT2D eigenvalue weighted by atomic mass is 10.1. The fourth-order valence-electron chi connectivity index (χ4n) is 3.28. The molecule has 2 rings (SSSR count). The van der Waals surface area contributed by atoms with E-state index in [1.165, 1.54) is 18.4 Å². The monoisotopic (exact) mass is 499 g/mol. The Morgan fingerprint density at radius 1 is 1.25 bits per heavy atom. The summed E-state index contributed by atoms with van der Waals surface area (Å²) in [5.41, 5.74) is 2.67. The highest BCUT2D eigenvalue weighted by Gasteiger charge is 2.27. The third-order valence-electron chi connectivity index (χ3n) is 5.13. The van der Waals surface area contributed by atoms with Crippen molar-refractivity contribution in [3.05, 3.63) is 32.4 Å². The Morgan fingerprint density at radius 3 is 2.44 bits per heavy atom. The minimum absolute atomic E-state index is 0.113. The van der Waals surface area contributed by atoms with Crippen molar-refractivity contribution < 1.29 is 14.3 Å². The summed E-state index contributed by atoms with van der Waals surface area (Å²) in [4.78, 5) is 27.5. The van der Waals surface area contributed by atoms with Crippen LogP contribution < -0.4 is 10.6 Å². The van der Waals surface area contributed by atoms with Gasteiger partial charge in [0.05, 0.1) is 34.0 Å². The van der Waals surface area contributed by atoms with Crippen molar-refractivity contribution >= 4 is 57.1 Å². The SMILES string of the molecule is CCN(CC)C(=O)c1sc(NC(=S)NCCCn2nc(C)c(Cl)c2C)c(C(=O)OC)c1C. The number of carbonyl (C=O) groups excluding carboxylic acids is 2. The first kappa shape index (κ1) is 26.1. The van der Waals surface area contributed by atoms with E-state index in [-0.39, 0.29) is 5.91 Å². The highest BCUT2D eigenvalue weighted by Crippen LogP contribution is 2.34. The molecule has 0 aliphatic rings. The number of methoxy groups -OCH3 is 1. The van der Waals surface area contributed by atoms with Crippen LogP contribution in [0.3, 0.4) is 0 Å². The predicted octanol–water partition coefficient (Wildman–Crippen LogP) is 4.17. The van der Waals surface area contributed by atoms with Gasteiger partial charge in [-0.25, -0.2) is 4.79 Å². The number of amides is 1. The highest BCUT2D eigenvalue weighted by atomic mass is 35.5. The molecule has 0 spiro atoms. The third-order valence-corrected chi connectivity index (χ3v) is 7.12. The fourth-order valence-corrected chi connectivity index (χ4v) is 4.85. The molecule has 8 nitrogen and oxygen atoms in total. The van der Waals surface area contributed by atoms with Crippen LogP contribution in [0.4, 0.5) is 5.00 Å². The second-order valence-corrected chi connectivity index (χ2v) is 8.98. The quantitative estimate of drug-likeness (QED) is 0.304. The molecule has 0 radical (unpaired) electrons. The van der Waals surface area contributed by atoms with Crippen molar-refractivity contribution in [2.45, 2.75) is 47.6 Å². The van der Waals surface area contributed by atoms with Gasteiger partial charge in [-0.05, 0) is 58.8 Å². The molecule has 0 saturated heterocycles. The number of nitrogens with zero attached hydrogens (tertiary/aromatic N) is 3. The molecule has 0 fully saturated rings. The van der Waals surface area contributed by atoms with Crippen LogP contribution in [0.5, 0.6) is 0 Å². The second kappa shape index (κ2) is 11.6. The van der Waals surface area contributed by atoms with Gasteiger partial charge in [0.1, 0.15) is 5.00 Å². The molecule has 1 amide bonds. The minimum atomic E-state index is -0.510. The maximum Gasteiger partial charge on any atom is 0.341 e. The molecule has 0 saturated carbocycles. The molecule has 176 valence electrons. The number of aryl methyl sites for hydroxylation is 2. The van der Waals surface area contributed by atoms with Gasteiger partial charge in [-0.1, -0.05) is 11.6 Å². The first-order chi connectivity index (χ1) is 15.2. The smallest absolute Gasteiger partial charge is 0.341 e. The summed E-state index contributed by atoms with van der Waals surface area (Å²) in [6.07, 6.45) is 0.777. The number of carbonyl (C=O) groups is 2. The zero-order chi connectivity index (χ0) is 24.0. The average Bonchev–Trinajstić information content (AvgIpc) is 3.22. The Bertz CT molecular complexity index is 998. The maximum atomic E-state index is 12.9. The largest absolute Gasteiger partial charge is 0.465 e. The topological polar surface area (TPSA) is 88.5 Å². The molecule has 2 heterocycles. The molecule has 11 heteroatoms. The van der Waals surface area contributed by atoms with Gasteiger partial charge in [0.15, 0.2) is 5.11 Å². The number of thiophene rings is 1. The zero-order valence-electron chi connectivity index (χ0n) is 19.3. The maximum absolute atomic E-state index is 12.9. The van der Waals surface area contributed by atoms with E-state index in [1.807, 2.05) is 32.4 Å². The van der Waals surface area contributed by atoms with Crippen molar-refractivity contribution in [1.82, 2.24) is 20.0 Å². The summed E-state index contributed by atoms with van der Waals surface area (Å²) in [5, 5.41) is 12.2. The number of ether oxygens (including phenoxy) is 1. The van der Waals surface area contributed by atoms with Gasteiger partial charge in [-0.15, -0.1) is 11.3 Å². The lowest BCUT2D eigenvalue weighted by Crippen LogP contribution is -2.30. The number of halogens is 1. The van der Waals surface area contributed by atoms with E-state index in [4.69, 9.17) is 28.6 Å². The van der Waals surface area contributed by atoms with Gasteiger partial charge < -0.3 is 20.3 Å². The van der Waals surface area contributed by atoms with Crippen LogP contribution in [0.25, 0.3) is 0 Å². The van der Waals surface area contributed by atoms with Crippen LogP contribution in [0.15, 0.2) is 0 Å². The van der Waals surface area contributed by atoms with E-state index >= 15 is 0 Å². The lowest BCUT2D eigenvalue weighted by molar-refractivity contribution is 0.0601. The molecule has 0 atom stereocenters. The van der Waals surface area contributed by atoms with Gasteiger partial charge in [0, 0.05) is 26.2 Å². The lowest BCUT2D eigenvalue weighted by Gasteiger charge is -2.17. The number of rotatable bonds is 9. The first-order valence-electron chi connectivity index (χ1n) is 10.4. The number of esters is 1. The number of hydrogen-bond acceptors (Lipinski definition) is 6. The standard InChI is InChI=1S/C21H30ClN5O3S2/c1-7-26(8-2)19(28)17-12(3)15(20(29)30-6)18(32-17)24-21(31)23-10-9-11-27-14(5)16(22)13(4)25-27/h7-11H2,1-6H3,(H2,23,24,31). The van der Waals surface area contributed by atoms with Gasteiger partial charge in [0.2, 0.25) is 0 Å². The molecule has 2 aromatic heterocycles. The van der Waals surface area contributed by atoms with Gasteiger partial charge >= 0.3 is 5.97 Å². The summed E-state index contributed by atoms with van der Waals surface area (Å²) in [6.45, 7) is 11.9. The van der Waals surface area contributed by atoms with E-state index in [0.29, 0.717) is 57.3 Å². The molecular formula is C21H30ClN5O3S2. The Kier molecular flexibility index (Phi) is 9.47. The van der Waals surface area contributed by atoms with Crippen LogP contribution in [0, 0.1) is 20.8 Å². The summed E-state index contributed by atoms with van der Waals surface area (Å²) in [5.74, 6) is -0.623. The molecular weight excluding hydrogens is 470 g/mol. The van der Waals surface area contributed by atoms with E-state index in [0.717, 1.165) is 17.8 Å². The molecule has 32 heavy (non-hydrogen) atoms. The van der Waals surface area contributed by atoms with Gasteiger partial charge in [-0.3, -0.25) is 9.48 Å². The van der Waals surface area contributed by atoms with E-state index in [2.05, 4.69) is 15.7 Å². The normalized spacial score (nSPS) is 10.7. The van der Waals surface area contributed by atoms with Crippen LogP contribution in [-0.2, 0) is 11.3 Å². The second-order valence-electron chi connectivity index (χ2n) is 7.17. The Hall–Kier alpha value is -2.17. The Morgan fingerprint density at radius 2 is 1.91 bits per heavy atom. The summed E-state index contributed by atoms with van der Waals surface area (Å²) < 4.78 is 6.81. The fraction of sp³-hybridized carbons (Fsp3) is 0.524. The van der Waals surface area contributed by atoms with E-state index in [9.17, 15) is 9.59 Å².